The highest BCUT2D eigenvalue weighted by Crippen LogP contribution is 2.34. The van der Waals surface area contributed by atoms with E-state index in [-0.39, 0.29) is 23.9 Å². The first-order valence-corrected chi connectivity index (χ1v) is 14.7. The average Bonchev–Trinajstić information content (AvgIpc) is 3.34. The quantitative estimate of drug-likeness (QED) is 0.372. The van der Waals surface area contributed by atoms with Crippen LogP contribution in [0, 0.1) is 13.8 Å². The van der Waals surface area contributed by atoms with E-state index in [1.165, 1.54) is 22.5 Å². The minimum atomic E-state index is -0.233. The molecule has 4 aliphatic rings. The summed E-state index contributed by atoms with van der Waals surface area (Å²) in [6.07, 6.45) is 3.60. The molecule has 1 aromatic heterocycles. The minimum Gasteiger partial charge on any atom is -0.399 e. The second-order valence-electron chi connectivity index (χ2n) is 10.8. The molecule has 42 heavy (non-hydrogen) atoms. The number of amides is 2. The number of anilines is 3. The molecule has 10 heteroatoms. The lowest BCUT2D eigenvalue weighted by Gasteiger charge is -2.38. The van der Waals surface area contributed by atoms with Gasteiger partial charge in [-0.15, -0.1) is 0 Å². The molecule has 0 saturated carbocycles. The second kappa shape index (κ2) is 11.7. The van der Waals surface area contributed by atoms with Crippen LogP contribution in [0.25, 0.3) is 5.69 Å². The number of carbonyl (C=O) groups is 2. The number of hydrogen-bond donors (Lipinski definition) is 3. The van der Waals surface area contributed by atoms with Gasteiger partial charge in [0.1, 0.15) is 23.8 Å². The number of fused-ring (bicyclic) bond motifs is 6. The Labute approximate surface area is 247 Å². The normalized spacial score (nSPS) is 20.0. The van der Waals surface area contributed by atoms with Gasteiger partial charge in [-0.2, -0.15) is 10.2 Å². The summed E-state index contributed by atoms with van der Waals surface area (Å²) >= 11 is 0. The summed E-state index contributed by atoms with van der Waals surface area (Å²) in [6, 6.07) is 16.1. The Bertz CT molecular complexity index is 1570. The Morgan fingerprint density at radius 3 is 1.71 bits per heavy atom. The van der Waals surface area contributed by atoms with Crippen LogP contribution in [-0.4, -0.2) is 40.1 Å². The number of nitrogen functional groups attached to an aromatic ring is 1. The van der Waals surface area contributed by atoms with E-state index in [0.717, 1.165) is 54.4 Å². The van der Waals surface area contributed by atoms with Crippen molar-refractivity contribution < 1.29 is 9.59 Å². The Morgan fingerprint density at radius 2 is 1.19 bits per heavy atom. The van der Waals surface area contributed by atoms with Gasteiger partial charge in [0, 0.05) is 47.0 Å². The molecule has 0 aliphatic carbocycles. The molecule has 10 nitrogen and oxygen atoms in total. The molecule has 3 aromatic rings. The van der Waals surface area contributed by atoms with Crippen LogP contribution in [0.4, 0.5) is 17.1 Å². The van der Waals surface area contributed by atoms with E-state index in [1.807, 2.05) is 50.8 Å². The second-order valence-corrected chi connectivity index (χ2v) is 10.8. The Hall–Kier alpha value is -4.60. The highest BCUT2D eigenvalue weighted by atomic mass is 16.2. The first-order valence-electron chi connectivity index (χ1n) is 14.7. The van der Waals surface area contributed by atoms with Crippen LogP contribution in [0.2, 0.25) is 0 Å². The highest BCUT2D eigenvalue weighted by Gasteiger charge is 2.35. The third-order valence-corrected chi connectivity index (χ3v) is 8.14. The number of benzene rings is 2. The standard InChI is InChI=1S/C18H20N4O.C12H14N4O.C2H6/c1-11-4-5-12(2)21(11)15-8-6-14-7-9-17-19-20-18(23)13(3)22(17)16(14)10-15;1-7-12(17)15-14-11-5-3-8-2-4-9(13)6-10(8)16(7)11;1-2/h4-6,8,10,13H,7,9H2,1-3H3,(H,20,23);2,4,6-7H,3,5,13H2,1H3,(H,15,17);1-2H3. The molecule has 2 unspecified atom stereocenters. The Kier molecular flexibility index (Phi) is 8.06. The highest BCUT2D eigenvalue weighted by molar-refractivity contribution is 6.09. The molecule has 220 valence electrons. The van der Waals surface area contributed by atoms with E-state index < -0.39 is 0 Å². The summed E-state index contributed by atoms with van der Waals surface area (Å²) in [5, 5.41) is 8.36. The van der Waals surface area contributed by atoms with Gasteiger partial charge in [-0.3, -0.25) is 9.59 Å². The van der Waals surface area contributed by atoms with Crippen LogP contribution in [0.1, 0.15) is 63.1 Å². The van der Waals surface area contributed by atoms with Crippen molar-refractivity contribution in [2.45, 2.75) is 79.3 Å². The van der Waals surface area contributed by atoms with E-state index in [0.29, 0.717) is 5.69 Å². The van der Waals surface area contributed by atoms with Crippen molar-refractivity contribution in [2.24, 2.45) is 10.2 Å². The zero-order valence-electron chi connectivity index (χ0n) is 25.2. The van der Waals surface area contributed by atoms with E-state index in [4.69, 9.17) is 5.73 Å². The Morgan fingerprint density at radius 1 is 0.714 bits per heavy atom. The van der Waals surface area contributed by atoms with Crippen molar-refractivity contribution in [1.29, 1.82) is 0 Å². The van der Waals surface area contributed by atoms with Gasteiger partial charge in [-0.05, 0) is 88.1 Å². The number of carbonyl (C=O) groups excluding carboxylic acids is 2. The fourth-order valence-electron chi connectivity index (χ4n) is 5.98. The summed E-state index contributed by atoms with van der Waals surface area (Å²) in [5.41, 5.74) is 19.9. The van der Waals surface area contributed by atoms with Gasteiger partial charge in [0.15, 0.2) is 0 Å². The molecular formula is C32H40N8O2. The monoisotopic (exact) mass is 568 g/mol. The maximum absolute atomic E-state index is 12.0. The van der Waals surface area contributed by atoms with Crippen molar-refractivity contribution in [3.05, 3.63) is 71.0 Å². The van der Waals surface area contributed by atoms with Gasteiger partial charge < -0.3 is 20.1 Å². The van der Waals surface area contributed by atoms with Crippen molar-refractivity contribution in [2.75, 3.05) is 15.5 Å². The molecule has 0 fully saturated rings. The first-order chi connectivity index (χ1) is 20.2. The Balaban J connectivity index is 0.000000165. The van der Waals surface area contributed by atoms with Crippen molar-refractivity contribution in [3.63, 3.8) is 0 Å². The third-order valence-electron chi connectivity index (χ3n) is 8.14. The first kappa shape index (κ1) is 28.9. The average molecular weight is 569 g/mol. The van der Waals surface area contributed by atoms with Crippen LogP contribution in [0.5, 0.6) is 0 Å². The molecule has 4 N–H and O–H groups in total. The molecule has 0 spiro atoms. The number of aryl methyl sites for hydroxylation is 4. The number of hydrogen-bond acceptors (Lipinski definition) is 7. The fraction of sp³-hybridized carbons (Fsp3) is 0.375. The maximum atomic E-state index is 12.0. The van der Waals surface area contributed by atoms with Crippen molar-refractivity contribution in [1.82, 2.24) is 15.4 Å². The van der Waals surface area contributed by atoms with Crippen molar-refractivity contribution >= 4 is 40.5 Å². The van der Waals surface area contributed by atoms with Crippen molar-refractivity contribution in [3.8, 4) is 5.69 Å². The van der Waals surface area contributed by atoms with E-state index in [1.54, 1.807) is 0 Å². The zero-order chi connectivity index (χ0) is 30.1. The maximum Gasteiger partial charge on any atom is 0.262 e. The number of nitrogens with zero attached hydrogens (tertiary/aromatic N) is 5. The van der Waals surface area contributed by atoms with Gasteiger partial charge in [-0.1, -0.05) is 26.0 Å². The number of nitrogens with two attached hydrogens (primary N) is 1. The number of amidine groups is 2. The van der Waals surface area contributed by atoms with Gasteiger partial charge in [0.05, 0.1) is 0 Å². The molecule has 0 saturated heterocycles. The predicted octanol–water partition coefficient (Wildman–Crippen LogP) is 4.56. The summed E-state index contributed by atoms with van der Waals surface area (Å²) < 4.78 is 2.24. The number of rotatable bonds is 1. The summed E-state index contributed by atoms with van der Waals surface area (Å²) in [6.45, 7) is 12.0. The molecule has 0 bridgehead atoms. The molecule has 5 heterocycles. The lowest BCUT2D eigenvalue weighted by molar-refractivity contribution is -0.123. The lowest BCUT2D eigenvalue weighted by Crippen LogP contribution is -2.53. The van der Waals surface area contributed by atoms with E-state index in [2.05, 4.69) is 74.7 Å². The van der Waals surface area contributed by atoms with Crippen LogP contribution >= 0.6 is 0 Å². The van der Waals surface area contributed by atoms with Crippen LogP contribution < -0.4 is 26.4 Å². The largest absolute Gasteiger partial charge is 0.399 e. The van der Waals surface area contributed by atoms with Gasteiger partial charge in [0.25, 0.3) is 11.8 Å². The molecule has 0 radical (unpaired) electrons. The number of aromatic nitrogens is 1. The lowest BCUT2D eigenvalue weighted by atomic mass is 9.98. The number of hydrazone groups is 2. The van der Waals surface area contributed by atoms with Crippen LogP contribution in [0.15, 0.2) is 58.7 Å². The smallest absolute Gasteiger partial charge is 0.262 e. The number of nitrogens with one attached hydrogen (secondary N) is 2. The molecular weight excluding hydrogens is 528 g/mol. The predicted molar refractivity (Wildman–Crippen MR) is 169 cm³/mol. The van der Waals surface area contributed by atoms with E-state index in [9.17, 15) is 9.59 Å². The molecule has 2 aromatic carbocycles. The molecule has 4 aliphatic heterocycles. The summed E-state index contributed by atoms with van der Waals surface area (Å²) in [5.74, 6) is 1.72. The summed E-state index contributed by atoms with van der Waals surface area (Å²) in [4.78, 5) is 27.7. The van der Waals surface area contributed by atoms with Gasteiger partial charge >= 0.3 is 0 Å². The fourth-order valence-corrected chi connectivity index (χ4v) is 5.98. The SMILES string of the molecule is CC.CC1C(=O)NN=C2CCc3ccc(N)cc3N21.Cc1ccc(C)n1-c1ccc2c(c1)N1C(=NNC(=O)C1C)CC2. The zero-order valence-corrected chi connectivity index (χ0v) is 25.2. The third kappa shape index (κ3) is 5.13. The van der Waals surface area contributed by atoms with Gasteiger partial charge in [0.2, 0.25) is 0 Å². The molecule has 2 atom stereocenters. The van der Waals surface area contributed by atoms with Gasteiger partial charge in [-0.25, -0.2) is 10.9 Å². The van der Waals surface area contributed by atoms with E-state index >= 15 is 0 Å². The minimum absolute atomic E-state index is 0.0553. The topological polar surface area (TPSA) is 120 Å². The molecule has 7 rings (SSSR count). The van der Waals surface area contributed by atoms with Crippen LogP contribution in [-0.2, 0) is 22.4 Å². The summed E-state index contributed by atoms with van der Waals surface area (Å²) in [7, 11) is 0. The van der Waals surface area contributed by atoms with Crippen LogP contribution in [0.3, 0.4) is 0 Å². The molecule has 2 amide bonds.